The van der Waals surface area contributed by atoms with Crippen LogP contribution in [0.15, 0.2) is 18.2 Å². The van der Waals surface area contributed by atoms with Crippen molar-refractivity contribution < 1.29 is 9.90 Å². The number of benzene rings is 1. The van der Waals surface area contributed by atoms with Gasteiger partial charge in [0.15, 0.2) is 0 Å². The van der Waals surface area contributed by atoms with Gasteiger partial charge in [0.2, 0.25) is 0 Å². The molecule has 1 rings (SSSR count). The average Bonchev–Trinajstić information content (AvgIpc) is 2.29. The molecule has 1 unspecified atom stereocenters. The smallest absolute Gasteiger partial charge is 0.335 e. The molecule has 0 amide bonds. The van der Waals surface area contributed by atoms with Gasteiger partial charge >= 0.3 is 5.97 Å². The van der Waals surface area contributed by atoms with Gasteiger partial charge in [-0.25, -0.2) is 4.79 Å². The molecular weight excluding hydrogens is 216 g/mol. The van der Waals surface area contributed by atoms with E-state index in [4.69, 9.17) is 10.8 Å². The normalized spacial score (nSPS) is 12.1. The van der Waals surface area contributed by atoms with E-state index < -0.39 is 5.97 Å². The van der Waals surface area contributed by atoms with Gasteiger partial charge in [-0.05, 0) is 31.5 Å². The molecule has 1 aromatic rings. The molecule has 0 radical (unpaired) electrons. The topological polar surface area (TPSA) is 75.3 Å². The van der Waals surface area contributed by atoms with E-state index in [0.29, 0.717) is 17.4 Å². The summed E-state index contributed by atoms with van der Waals surface area (Å²) in [6, 6.07) is 5.01. The number of aromatic carboxylic acids is 1. The Labute approximate surface area is 102 Å². The molecule has 0 saturated heterocycles. The van der Waals surface area contributed by atoms with Crippen molar-refractivity contribution in [1.82, 2.24) is 0 Å². The van der Waals surface area contributed by atoms with Crippen molar-refractivity contribution in [1.29, 1.82) is 0 Å². The summed E-state index contributed by atoms with van der Waals surface area (Å²) in [4.78, 5) is 10.9. The third-order valence-corrected chi connectivity index (χ3v) is 2.69. The van der Waals surface area contributed by atoms with Crippen LogP contribution in [0.2, 0.25) is 0 Å². The molecule has 4 nitrogen and oxygen atoms in total. The molecule has 1 aromatic carbocycles. The number of carboxylic acid groups (broad SMARTS) is 1. The lowest BCUT2D eigenvalue weighted by atomic mass is 10.1. The minimum Gasteiger partial charge on any atom is -0.478 e. The Bertz CT molecular complexity index is 391. The summed E-state index contributed by atoms with van der Waals surface area (Å²) in [6.45, 7) is 4.22. The number of nitrogens with two attached hydrogens (primary N) is 1. The van der Waals surface area contributed by atoms with E-state index in [1.54, 1.807) is 12.1 Å². The predicted molar refractivity (Wildman–Crippen MR) is 70.4 cm³/mol. The fourth-order valence-corrected chi connectivity index (χ4v) is 1.66. The van der Waals surface area contributed by atoms with Gasteiger partial charge in [0.1, 0.15) is 0 Å². The number of hydrogen-bond donors (Lipinski definition) is 3. The molecule has 94 valence electrons. The molecule has 0 spiro atoms. The first-order valence-electron chi connectivity index (χ1n) is 5.94. The van der Waals surface area contributed by atoms with E-state index in [9.17, 15) is 4.79 Å². The van der Waals surface area contributed by atoms with E-state index in [0.717, 1.165) is 19.3 Å². The molecule has 0 heterocycles. The number of anilines is 2. The fourth-order valence-electron chi connectivity index (χ4n) is 1.66. The highest BCUT2D eigenvalue weighted by Gasteiger charge is 2.08. The Kier molecular flexibility index (Phi) is 4.82. The fraction of sp³-hybridized carbons (Fsp3) is 0.462. The van der Waals surface area contributed by atoms with Crippen molar-refractivity contribution in [3.63, 3.8) is 0 Å². The second-order valence-corrected chi connectivity index (χ2v) is 4.29. The number of hydrogen-bond acceptors (Lipinski definition) is 3. The van der Waals surface area contributed by atoms with Crippen LogP contribution in [0.3, 0.4) is 0 Å². The van der Waals surface area contributed by atoms with Crippen LogP contribution in [-0.2, 0) is 0 Å². The molecule has 1 atom stereocenters. The maximum absolute atomic E-state index is 10.9. The van der Waals surface area contributed by atoms with Crippen LogP contribution in [0.1, 0.15) is 43.5 Å². The molecular formula is C13H20N2O2. The Balaban J connectivity index is 2.75. The third-order valence-electron chi connectivity index (χ3n) is 2.69. The van der Waals surface area contributed by atoms with Gasteiger partial charge in [-0.1, -0.05) is 19.8 Å². The molecule has 0 aliphatic carbocycles. The molecule has 4 N–H and O–H groups in total. The van der Waals surface area contributed by atoms with Gasteiger partial charge in [-0.15, -0.1) is 0 Å². The first-order chi connectivity index (χ1) is 8.04. The number of nitrogen functional groups attached to an aromatic ring is 1. The molecule has 0 aliphatic rings. The maximum atomic E-state index is 10.9. The molecule has 0 saturated carbocycles. The maximum Gasteiger partial charge on any atom is 0.335 e. The lowest BCUT2D eigenvalue weighted by molar-refractivity contribution is 0.0697. The Morgan fingerprint density at radius 1 is 1.53 bits per heavy atom. The number of unbranched alkanes of at least 4 members (excludes halogenated alkanes) is 1. The zero-order valence-electron chi connectivity index (χ0n) is 10.4. The van der Waals surface area contributed by atoms with E-state index in [-0.39, 0.29) is 5.56 Å². The minimum absolute atomic E-state index is 0.254. The monoisotopic (exact) mass is 236 g/mol. The van der Waals surface area contributed by atoms with Crippen LogP contribution in [0.5, 0.6) is 0 Å². The van der Waals surface area contributed by atoms with Gasteiger partial charge in [-0.3, -0.25) is 0 Å². The zero-order chi connectivity index (χ0) is 12.8. The van der Waals surface area contributed by atoms with Gasteiger partial charge in [-0.2, -0.15) is 0 Å². The summed E-state index contributed by atoms with van der Waals surface area (Å²) in [6.07, 6.45) is 3.34. The molecule has 0 fully saturated rings. The molecule has 0 bridgehead atoms. The highest BCUT2D eigenvalue weighted by Crippen LogP contribution is 2.21. The number of carbonyl (C=O) groups is 1. The summed E-state index contributed by atoms with van der Waals surface area (Å²) in [5, 5.41) is 12.2. The second kappa shape index (κ2) is 6.13. The van der Waals surface area contributed by atoms with Gasteiger partial charge in [0.25, 0.3) is 0 Å². The van der Waals surface area contributed by atoms with Crippen LogP contribution < -0.4 is 11.1 Å². The highest BCUT2D eigenvalue weighted by atomic mass is 16.4. The second-order valence-electron chi connectivity index (χ2n) is 4.29. The van der Waals surface area contributed by atoms with E-state index >= 15 is 0 Å². The summed E-state index contributed by atoms with van der Waals surface area (Å²) >= 11 is 0. The highest BCUT2D eigenvalue weighted by molar-refractivity contribution is 5.90. The van der Waals surface area contributed by atoms with Crippen molar-refractivity contribution in [3.8, 4) is 0 Å². The number of nitrogens with one attached hydrogen (secondary N) is 1. The lowest BCUT2D eigenvalue weighted by Gasteiger charge is -2.16. The van der Waals surface area contributed by atoms with Crippen LogP contribution in [-0.4, -0.2) is 17.1 Å². The van der Waals surface area contributed by atoms with Crippen LogP contribution in [0.4, 0.5) is 11.4 Å². The Morgan fingerprint density at radius 2 is 2.24 bits per heavy atom. The van der Waals surface area contributed by atoms with Gasteiger partial charge < -0.3 is 16.2 Å². The predicted octanol–water partition coefficient (Wildman–Crippen LogP) is 2.96. The summed E-state index contributed by atoms with van der Waals surface area (Å²) in [5.74, 6) is -0.936. The largest absolute Gasteiger partial charge is 0.478 e. The van der Waals surface area contributed by atoms with Crippen molar-refractivity contribution in [2.45, 2.75) is 39.2 Å². The van der Waals surface area contributed by atoms with Gasteiger partial charge in [0.05, 0.1) is 16.9 Å². The van der Waals surface area contributed by atoms with Crippen molar-refractivity contribution in [3.05, 3.63) is 23.8 Å². The summed E-state index contributed by atoms with van der Waals surface area (Å²) in [7, 11) is 0. The van der Waals surface area contributed by atoms with Crippen molar-refractivity contribution >= 4 is 17.3 Å². The van der Waals surface area contributed by atoms with E-state index in [2.05, 4.69) is 19.2 Å². The van der Waals surface area contributed by atoms with Crippen molar-refractivity contribution in [2.24, 2.45) is 0 Å². The number of rotatable bonds is 6. The SMILES string of the molecule is CCCCC(C)Nc1cc(C(=O)O)ccc1N. The van der Waals surface area contributed by atoms with Gasteiger partial charge in [0, 0.05) is 6.04 Å². The average molecular weight is 236 g/mol. The first-order valence-corrected chi connectivity index (χ1v) is 5.94. The quantitative estimate of drug-likeness (QED) is 0.664. The third kappa shape index (κ3) is 3.98. The van der Waals surface area contributed by atoms with Crippen LogP contribution in [0.25, 0.3) is 0 Å². The number of carboxylic acids is 1. The molecule has 17 heavy (non-hydrogen) atoms. The summed E-state index contributed by atoms with van der Waals surface area (Å²) in [5.41, 5.74) is 7.35. The lowest BCUT2D eigenvalue weighted by Crippen LogP contribution is -2.16. The van der Waals surface area contributed by atoms with E-state index in [1.165, 1.54) is 6.07 Å². The standard InChI is InChI=1S/C13H20N2O2/c1-3-4-5-9(2)15-12-8-10(13(16)17)6-7-11(12)14/h6-9,15H,3-5,14H2,1-2H3,(H,16,17). The Hall–Kier alpha value is -1.71. The van der Waals surface area contributed by atoms with Crippen LogP contribution >= 0.6 is 0 Å². The minimum atomic E-state index is -0.936. The molecule has 0 aliphatic heterocycles. The van der Waals surface area contributed by atoms with Crippen LogP contribution in [0, 0.1) is 0 Å². The molecule has 0 aromatic heterocycles. The Morgan fingerprint density at radius 3 is 2.82 bits per heavy atom. The molecule has 4 heteroatoms. The first kappa shape index (κ1) is 13.4. The summed E-state index contributed by atoms with van der Waals surface area (Å²) < 4.78 is 0. The van der Waals surface area contributed by atoms with Crippen molar-refractivity contribution in [2.75, 3.05) is 11.1 Å². The van der Waals surface area contributed by atoms with E-state index in [1.807, 2.05) is 0 Å². The zero-order valence-corrected chi connectivity index (χ0v) is 10.4.